The molecule has 0 fully saturated rings. The van der Waals surface area contributed by atoms with Gasteiger partial charge in [0.1, 0.15) is 0 Å². The number of carbonyl (C=O) groups excluding carboxylic acids is 1. The number of guanidine groups is 1. The van der Waals surface area contributed by atoms with Gasteiger partial charge in [0, 0.05) is 23.5 Å². The van der Waals surface area contributed by atoms with Crippen molar-refractivity contribution in [2.45, 2.75) is 53.6 Å². The minimum atomic E-state index is -0.0197. The Morgan fingerprint density at radius 1 is 1.10 bits per heavy atom. The number of unbranched alkanes of at least 4 members (excludes halogenated alkanes) is 1. The molecule has 8 heteroatoms. The van der Waals surface area contributed by atoms with Crippen molar-refractivity contribution in [2.24, 2.45) is 4.99 Å². The Balaban J connectivity index is 0.00000420. The van der Waals surface area contributed by atoms with E-state index in [-0.39, 0.29) is 29.9 Å². The largest absolute Gasteiger partial charge is 0.357 e. The van der Waals surface area contributed by atoms with Crippen molar-refractivity contribution in [3.8, 4) is 0 Å². The van der Waals surface area contributed by atoms with Crippen molar-refractivity contribution < 1.29 is 4.79 Å². The van der Waals surface area contributed by atoms with Gasteiger partial charge in [-0.15, -0.1) is 35.3 Å². The maximum atomic E-state index is 12.1. The number of benzene rings is 1. The van der Waals surface area contributed by atoms with Crippen LogP contribution in [0.1, 0.15) is 58.2 Å². The van der Waals surface area contributed by atoms with Gasteiger partial charge in [0.05, 0.1) is 23.8 Å². The van der Waals surface area contributed by atoms with E-state index in [4.69, 9.17) is 0 Å². The van der Waals surface area contributed by atoms with Crippen LogP contribution in [0.2, 0.25) is 0 Å². The normalized spacial score (nSPS) is 11.0. The molecule has 2 rings (SSSR count). The molecule has 1 heterocycles. The first-order chi connectivity index (χ1) is 13.5. The second kappa shape index (κ2) is 13.5. The third-order valence-electron chi connectivity index (χ3n) is 4.21. The van der Waals surface area contributed by atoms with E-state index in [9.17, 15) is 4.79 Å². The summed E-state index contributed by atoms with van der Waals surface area (Å²) < 4.78 is 0. The molecule has 2 aromatic rings. The van der Waals surface area contributed by atoms with Crippen LogP contribution in [0.5, 0.6) is 0 Å². The smallest absolute Gasteiger partial charge is 0.251 e. The summed E-state index contributed by atoms with van der Waals surface area (Å²) in [6.45, 7) is 11.0. The fourth-order valence-corrected chi connectivity index (χ4v) is 3.53. The average molecular weight is 529 g/mol. The SMILES string of the molecule is CCCCNC(=O)c1ccc(CN=C(NCC)NCc2sc(C)nc2C)cc1.I. The van der Waals surface area contributed by atoms with Crippen LogP contribution in [0, 0.1) is 13.8 Å². The lowest BCUT2D eigenvalue weighted by molar-refractivity contribution is 0.0953. The van der Waals surface area contributed by atoms with Gasteiger partial charge in [-0.25, -0.2) is 9.98 Å². The van der Waals surface area contributed by atoms with E-state index in [0.29, 0.717) is 18.7 Å². The Morgan fingerprint density at radius 2 is 1.83 bits per heavy atom. The van der Waals surface area contributed by atoms with Crippen LogP contribution < -0.4 is 16.0 Å². The molecule has 29 heavy (non-hydrogen) atoms. The maximum Gasteiger partial charge on any atom is 0.251 e. The highest BCUT2D eigenvalue weighted by Crippen LogP contribution is 2.16. The molecule has 0 saturated carbocycles. The topological polar surface area (TPSA) is 78.4 Å². The van der Waals surface area contributed by atoms with Crippen molar-refractivity contribution >= 4 is 47.2 Å². The molecule has 0 unspecified atom stereocenters. The highest BCUT2D eigenvalue weighted by atomic mass is 127. The summed E-state index contributed by atoms with van der Waals surface area (Å²) in [5, 5.41) is 10.6. The van der Waals surface area contributed by atoms with Gasteiger partial charge in [-0.05, 0) is 44.9 Å². The van der Waals surface area contributed by atoms with E-state index in [1.165, 1.54) is 4.88 Å². The summed E-state index contributed by atoms with van der Waals surface area (Å²) in [5.74, 6) is 0.753. The molecular weight excluding hydrogens is 497 g/mol. The molecule has 0 spiro atoms. The number of amides is 1. The lowest BCUT2D eigenvalue weighted by Crippen LogP contribution is -2.36. The number of aliphatic imine (C=N–C) groups is 1. The monoisotopic (exact) mass is 529 g/mol. The second-order valence-electron chi connectivity index (χ2n) is 6.60. The fourth-order valence-electron chi connectivity index (χ4n) is 2.66. The number of aryl methyl sites for hydroxylation is 2. The molecule has 6 nitrogen and oxygen atoms in total. The van der Waals surface area contributed by atoms with Crippen LogP contribution in [0.25, 0.3) is 0 Å². The number of thiazole rings is 1. The van der Waals surface area contributed by atoms with Crippen LogP contribution >= 0.6 is 35.3 Å². The van der Waals surface area contributed by atoms with Gasteiger partial charge in [0.25, 0.3) is 5.91 Å². The van der Waals surface area contributed by atoms with Crippen LogP contribution in [-0.4, -0.2) is 29.9 Å². The Morgan fingerprint density at radius 3 is 2.41 bits per heavy atom. The highest BCUT2D eigenvalue weighted by molar-refractivity contribution is 14.0. The molecule has 0 aliphatic heterocycles. The van der Waals surface area contributed by atoms with Crippen LogP contribution in [-0.2, 0) is 13.1 Å². The first-order valence-corrected chi connectivity index (χ1v) is 10.7. The molecule has 1 aromatic heterocycles. The Bertz CT molecular complexity index is 789. The summed E-state index contributed by atoms with van der Waals surface area (Å²) in [5.41, 5.74) is 2.82. The van der Waals surface area contributed by atoms with E-state index in [1.54, 1.807) is 11.3 Å². The molecule has 3 N–H and O–H groups in total. The number of hydrogen-bond acceptors (Lipinski definition) is 4. The number of nitrogens with zero attached hydrogens (tertiary/aromatic N) is 2. The molecule has 0 aliphatic rings. The fraction of sp³-hybridized carbons (Fsp3) is 0.476. The van der Waals surface area contributed by atoms with Gasteiger partial charge in [-0.1, -0.05) is 25.5 Å². The first kappa shape index (κ1) is 25.4. The minimum absolute atomic E-state index is 0. The molecule has 0 saturated heterocycles. The number of halogens is 1. The van der Waals surface area contributed by atoms with Gasteiger partial charge in [0.2, 0.25) is 0 Å². The molecule has 1 amide bonds. The number of aromatic nitrogens is 1. The van der Waals surface area contributed by atoms with Crippen LogP contribution in [0.3, 0.4) is 0 Å². The van der Waals surface area contributed by atoms with Crippen LogP contribution in [0.15, 0.2) is 29.3 Å². The van der Waals surface area contributed by atoms with Crippen LogP contribution in [0.4, 0.5) is 0 Å². The zero-order valence-electron chi connectivity index (χ0n) is 17.7. The zero-order valence-corrected chi connectivity index (χ0v) is 20.8. The molecular formula is C21H32IN5OS. The Hall–Kier alpha value is -1.68. The lowest BCUT2D eigenvalue weighted by atomic mass is 10.1. The Kier molecular flexibility index (Phi) is 11.8. The molecule has 0 bridgehead atoms. The number of rotatable bonds is 9. The molecule has 0 aliphatic carbocycles. The van der Waals surface area contributed by atoms with Crippen molar-refractivity contribution in [3.05, 3.63) is 51.0 Å². The van der Waals surface area contributed by atoms with E-state index in [0.717, 1.165) is 48.2 Å². The third-order valence-corrected chi connectivity index (χ3v) is 5.28. The van der Waals surface area contributed by atoms with Gasteiger partial charge in [0.15, 0.2) is 5.96 Å². The average Bonchev–Trinajstić information content (AvgIpc) is 3.01. The van der Waals surface area contributed by atoms with E-state index in [1.807, 2.05) is 45.0 Å². The van der Waals surface area contributed by atoms with Crippen molar-refractivity contribution in [1.29, 1.82) is 0 Å². The van der Waals surface area contributed by atoms with E-state index >= 15 is 0 Å². The quantitative estimate of drug-likeness (QED) is 0.197. The number of nitrogens with one attached hydrogen (secondary N) is 3. The molecule has 1 aromatic carbocycles. The van der Waals surface area contributed by atoms with Gasteiger partial charge >= 0.3 is 0 Å². The summed E-state index contributed by atoms with van der Waals surface area (Å²) in [6, 6.07) is 7.63. The summed E-state index contributed by atoms with van der Waals surface area (Å²) >= 11 is 1.71. The zero-order chi connectivity index (χ0) is 20.4. The molecule has 0 atom stereocenters. The van der Waals surface area contributed by atoms with Crippen molar-refractivity contribution in [3.63, 3.8) is 0 Å². The summed E-state index contributed by atoms with van der Waals surface area (Å²) in [6.07, 6.45) is 2.07. The number of carbonyl (C=O) groups is 1. The van der Waals surface area contributed by atoms with E-state index < -0.39 is 0 Å². The van der Waals surface area contributed by atoms with Gasteiger partial charge in [-0.2, -0.15) is 0 Å². The van der Waals surface area contributed by atoms with Gasteiger partial charge in [-0.3, -0.25) is 4.79 Å². The molecule has 160 valence electrons. The molecule has 0 radical (unpaired) electrons. The van der Waals surface area contributed by atoms with Crippen molar-refractivity contribution in [1.82, 2.24) is 20.9 Å². The predicted molar refractivity (Wildman–Crippen MR) is 132 cm³/mol. The third kappa shape index (κ3) is 8.69. The maximum absolute atomic E-state index is 12.1. The highest BCUT2D eigenvalue weighted by Gasteiger charge is 2.07. The standard InChI is InChI=1S/C21H31N5OS.HI/c1-5-7-12-23-20(27)18-10-8-17(9-11-18)13-24-21(22-6-2)25-14-19-15(3)26-16(4)28-19;/h8-11H,5-7,12-14H2,1-4H3,(H,23,27)(H2,22,24,25);1H. The van der Waals surface area contributed by atoms with E-state index in [2.05, 4.69) is 32.9 Å². The van der Waals surface area contributed by atoms with Gasteiger partial charge < -0.3 is 16.0 Å². The summed E-state index contributed by atoms with van der Waals surface area (Å²) in [4.78, 5) is 22.4. The second-order valence-corrected chi connectivity index (χ2v) is 7.88. The minimum Gasteiger partial charge on any atom is -0.357 e. The number of hydrogen-bond donors (Lipinski definition) is 3. The predicted octanol–water partition coefficient (Wildman–Crippen LogP) is 4.16. The lowest BCUT2D eigenvalue weighted by Gasteiger charge is -2.11. The van der Waals surface area contributed by atoms with Crippen molar-refractivity contribution in [2.75, 3.05) is 13.1 Å². The first-order valence-electron chi connectivity index (χ1n) is 9.85. The Labute approximate surface area is 195 Å². The summed E-state index contributed by atoms with van der Waals surface area (Å²) in [7, 11) is 0.